The quantitative estimate of drug-likeness (QED) is 0.0381. The molecule has 8 rings (SSSR count). The summed E-state index contributed by atoms with van der Waals surface area (Å²) < 4.78 is 47.8. The molecule has 3 fully saturated rings. The fourth-order valence-electron chi connectivity index (χ4n) is 6.70. The van der Waals surface area contributed by atoms with Gasteiger partial charge < -0.3 is 68.2 Å². The molecule has 0 amide bonds. The molecule has 2 aliphatic heterocycles. The van der Waals surface area contributed by atoms with E-state index in [0.717, 1.165) is 57.7 Å². The van der Waals surface area contributed by atoms with E-state index in [1.165, 1.54) is 55.7 Å². The van der Waals surface area contributed by atoms with Crippen molar-refractivity contribution in [3.05, 3.63) is 149 Å². The van der Waals surface area contributed by atoms with Crippen LogP contribution in [0.15, 0.2) is 121 Å². The van der Waals surface area contributed by atoms with E-state index in [9.17, 15) is 24.0 Å². The number of rotatable bonds is 23. The van der Waals surface area contributed by atoms with Gasteiger partial charge in [-0.1, -0.05) is 0 Å². The van der Waals surface area contributed by atoms with E-state index < -0.39 is 29.8 Å². The van der Waals surface area contributed by atoms with Crippen molar-refractivity contribution in [1.82, 2.24) is 0 Å². The largest absolute Gasteiger partial charge is 0.494 e. The van der Waals surface area contributed by atoms with Crippen LogP contribution < -0.4 is 23.7 Å². The van der Waals surface area contributed by atoms with Crippen LogP contribution in [0.5, 0.6) is 28.7 Å². The van der Waals surface area contributed by atoms with Crippen molar-refractivity contribution in [3.63, 3.8) is 0 Å². The molecule has 410 valence electrons. The minimum atomic E-state index is -0.937. The molecule has 3 aliphatic rings. The van der Waals surface area contributed by atoms with Crippen molar-refractivity contribution in [3.8, 4) is 28.7 Å². The van der Waals surface area contributed by atoms with Gasteiger partial charge in [0.25, 0.3) is 0 Å². The molecular weight excluding hydrogens is 989 g/mol. The first kappa shape index (κ1) is 60.8. The van der Waals surface area contributed by atoms with Crippen molar-refractivity contribution >= 4 is 29.8 Å². The topological polar surface area (TPSA) is 270 Å². The molecule has 2 heterocycles. The Labute approximate surface area is 441 Å². The first-order chi connectivity index (χ1) is 36.7. The second-order valence-corrected chi connectivity index (χ2v) is 17.2. The van der Waals surface area contributed by atoms with E-state index in [4.69, 9.17) is 68.2 Å². The van der Waals surface area contributed by atoms with Gasteiger partial charge >= 0.3 is 29.8 Å². The van der Waals surface area contributed by atoms with E-state index in [1.54, 1.807) is 99.1 Å². The number of carboxylic acid groups (broad SMARTS) is 5. The van der Waals surface area contributed by atoms with Gasteiger partial charge in [0.2, 0.25) is 0 Å². The molecule has 0 spiro atoms. The molecular formula is C57H68O19. The van der Waals surface area contributed by atoms with Crippen molar-refractivity contribution in [2.75, 3.05) is 73.7 Å². The van der Waals surface area contributed by atoms with Gasteiger partial charge in [0.1, 0.15) is 48.6 Å². The highest BCUT2D eigenvalue weighted by Gasteiger charge is 2.22. The van der Waals surface area contributed by atoms with Gasteiger partial charge in [-0.25, -0.2) is 24.0 Å². The monoisotopic (exact) mass is 1060 g/mol. The Morgan fingerprint density at radius 2 is 0.697 bits per heavy atom. The number of carboxylic acids is 5. The normalized spacial score (nSPS) is 15.1. The lowest BCUT2D eigenvalue weighted by atomic mass is 10.1. The summed E-state index contributed by atoms with van der Waals surface area (Å²) in [6.07, 6.45) is 9.15. The van der Waals surface area contributed by atoms with Crippen LogP contribution in [0.1, 0.15) is 103 Å². The highest BCUT2D eigenvalue weighted by molar-refractivity contribution is 5.89. The summed E-state index contributed by atoms with van der Waals surface area (Å²) in [6, 6.07) is 31.9. The molecule has 19 heteroatoms. The van der Waals surface area contributed by atoms with E-state index in [0.29, 0.717) is 74.1 Å². The van der Waals surface area contributed by atoms with Gasteiger partial charge in [0.15, 0.2) is 0 Å². The maximum absolute atomic E-state index is 10.7. The molecule has 19 nitrogen and oxygen atoms in total. The van der Waals surface area contributed by atoms with Crippen molar-refractivity contribution in [1.29, 1.82) is 0 Å². The molecule has 0 radical (unpaired) electrons. The van der Waals surface area contributed by atoms with Crippen LogP contribution in [0.25, 0.3) is 0 Å². The van der Waals surface area contributed by atoms with Crippen LogP contribution >= 0.6 is 0 Å². The highest BCUT2D eigenvalue weighted by atomic mass is 16.5. The zero-order valence-electron chi connectivity index (χ0n) is 42.8. The van der Waals surface area contributed by atoms with Crippen LogP contribution in [0.2, 0.25) is 0 Å². The Morgan fingerprint density at radius 1 is 0.382 bits per heavy atom. The second kappa shape index (κ2) is 34.7. The summed E-state index contributed by atoms with van der Waals surface area (Å²) in [4.78, 5) is 52.9. The maximum Gasteiger partial charge on any atom is 0.335 e. The number of benzene rings is 5. The molecule has 5 aromatic rings. The molecule has 1 saturated carbocycles. The fourth-order valence-corrected chi connectivity index (χ4v) is 6.70. The lowest BCUT2D eigenvalue weighted by molar-refractivity contribution is -0.0110. The van der Waals surface area contributed by atoms with Gasteiger partial charge in [-0.3, -0.25) is 0 Å². The molecule has 5 N–H and O–H groups in total. The van der Waals surface area contributed by atoms with Crippen LogP contribution in [0.3, 0.4) is 0 Å². The second-order valence-electron chi connectivity index (χ2n) is 17.2. The lowest BCUT2D eigenvalue weighted by Crippen LogP contribution is -2.25. The Bertz CT molecular complexity index is 2440. The Morgan fingerprint density at radius 3 is 1.00 bits per heavy atom. The van der Waals surface area contributed by atoms with Crippen molar-refractivity contribution < 1.29 is 92.1 Å². The van der Waals surface area contributed by atoms with Gasteiger partial charge in [0, 0.05) is 40.5 Å². The predicted octanol–water partition coefficient (Wildman–Crippen LogP) is 9.66. The Kier molecular flexibility index (Phi) is 27.8. The average Bonchev–Trinajstić information content (AvgIpc) is 4.13. The minimum absolute atomic E-state index is 0.169. The molecule has 0 bridgehead atoms. The summed E-state index contributed by atoms with van der Waals surface area (Å²) >= 11 is 0. The Hall–Kier alpha value is -7.71. The smallest absolute Gasteiger partial charge is 0.335 e. The standard InChI is InChI=1S/C13H16O4.C12H14O4.C11H14O4.C11H12O3.C10H12O4/c14-13(15)10-4-6-11(7-5-10)17-9-12-3-1-2-8-16-12;13-12(14)9-3-5-10(6-4-9)16-8-11-2-1-7-15-11;1-14-7-2-8-15-10-5-3-9(4-6-10)11(12)13;12-11(13)9-3-5-10(6-4-9)14-7-8-1-2-8;1-13-6-7-14-9-4-2-8(3-5-9)10(11)12/h4-7,12H,1-3,8-9H2,(H,14,15);3-6,11H,1-2,7-8H2,(H,13,14);3-6H,2,7-8H2,1H3,(H,12,13);3-6,8H,1-2,7H2,(H,12,13);2-5H,6-7H2,1H3,(H,11,12). The zero-order valence-corrected chi connectivity index (χ0v) is 42.8. The SMILES string of the molecule is COCCCOc1ccc(C(=O)O)cc1.COCCOc1ccc(C(=O)O)cc1.O=C(O)c1ccc(OCC2CC2)cc1.O=C(O)c1ccc(OCC2CCCCO2)cc1.O=C(O)c1ccc(OCC2CCCO2)cc1. The minimum Gasteiger partial charge on any atom is -0.494 e. The summed E-state index contributed by atoms with van der Waals surface area (Å²) in [5, 5.41) is 43.4. The molecule has 2 atom stereocenters. The van der Waals surface area contributed by atoms with Crippen molar-refractivity contribution in [2.45, 2.75) is 63.6 Å². The molecule has 1 aliphatic carbocycles. The third-order valence-electron chi connectivity index (χ3n) is 11.2. The molecule has 2 saturated heterocycles. The summed E-state index contributed by atoms with van der Waals surface area (Å²) in [7, 11) is 3.23. The van der Waals surface area contributed by atoms with Crippen LogP contribution in [0, 0.1) is 5.92 Å². The maximum atomic E-state index is 10.7. The number of hydrogen-bond donors (Lipinski definition) is 5. The van der Waals surface area contributed by atoms with Gasteiger partial charge in [-0.15, -0.1) is 0 Å². The number of methoxy groups -OCH3 is 2. The average molecular weight is 1060 g/mol. The first-order valence-corrected chi connectivity index (χ1v) is 24.8. The number of hydrogen-bond acceptors (Lipinski definition) is 14. The van der Waals surface area contributed by atoms with Crippen LogP contribution in [0.4, 0.5) is 0 Å². The van der Waals surface area contributed by atoms with Gasteiger partial charge in [-0.2, -0.15) is 0 Å². The van der Waals surface area contributed by atoms with E-state index in [2.05, 4.69) is 0 Å². The predicted molar refractivity (Wildman–Crippen MR) is 278 cm³/mol. The summed E-state index contributed by atoms with van der Waals surface area (Å²) in [5.74, 6) is -0.463. The lowest BCUT2D eigenvalue weighted by Gasteiger charge is -2.22. The highest BCUT2D eigenvalue weighted by Crippen LogP contribution is 2.29. The van der Waals surface area contributed by atoms with Crippen LogP contribution in [-0.2, 0) is 18.9 Å². The van der Waals surface area contributed by atoms with Gasteiger partial charge in [0.05, 0.1) is 59.8 Å². The summed E-state index contributed by atoms with van der Waals surface area (Å²) in [5.41, 5.74) is 1.35. The Balaban J connectivity index is 0.000000206. The molecule has 0 aromatic heterocycles. The third-order valence-corrected chi connectivity index (χ3v) is 11.2. The van der Waals surface area contributed by atoms with Gasteiger partial charge in [-0.05, 0) is 172 Å². The van der Waals surface area contributed by atoms with Crippen molar-refractivity contribution in [2.24, 2.45) is 5.92 Å². The summed E-state index contributed by atoms with van der Waals surface area (Å²) in [6.45, 7) is 5.65. The van der Waals surface area contributed by atoms with E-state index >= 15 is 0 Å². The van der Waals surface area contributed by atoms with E-state index in [-0.39, 0.29) is 34.5 Å². The first-order valence-electron chi connectivity index (χ1n) is 24.8. The number of aromatic carboxylic acids is 5. The van der Waals surface area contributed by atoms with Crippen LogP contribution in [-0.4, -0.2) is 141 Å². The molecule has 76 heavy (non-hydrogen) atoms. The number of carbonyl (C=O) groups is 5. The third kappa shape index (κ3) is 25.0. The molecule has 2 unspecified atom stereocenters. The number of ether oxygens (including phenoxy) is 9. The zero-order chi connectivity index (χ0) is 54.9. The molecule has 5 aromatic carbocycles. The van der Waals surface area contributed by atoms with E-state index in [1.807, 2.05) is 0 Å². The fraction of sp³-hybridized carbons (Fsp3) is 0.386.